The fourth-order valence-electron chi connectivity index (χ4n) is 3.18. The van der Waals surface area contributed by atoms with Crippen LogP contribution >= 0.6 is 12.4 Å². The Morgan fingerprint density at radius 2 is 1.33 bits per heavy atom. The summed E-state index contributed by atoms with van der Waals surface area (Å²) in [6, 6.07) is 23.0. The highest BCUT2D eigenvalue weighted by atomic mass is 35.5. The topological polar surface area (TPSA) is 12.0 Å². The second-order valence-electron chi connectivity index (χ2n) is 5.85. The van der Waals surface area contributed by atoms with Gasteiger partial charge in [0.15, 0.2) is 0 Å². The summed E-state index contributed by atoms with van der Waals surface area (Å²) in [6.45, 7) is 0. The van der Waals surface area contributed by atoms with Crippen LogP contribution in [0.4, 0.5) is 0 Å². The van der Waals surface area contributed by atoms with Gasteiger partial charge in [0, 0.05) is 12.1 Å². The summed E-state index contributed by atoms with van der Waals surface area (Å²) in [7, 11) is 0. The molecule has 3 rings (SSSR count). The van der Waals surface area contributed by atoms with Gasteiger partial charge in [-0.3, -0.25) is 0 Å². The fraction of sp³-hybridized carbons (Fsp3) is 0.368. The molecule has 0 spiro atoms. The van der Waals surface area contributed by atoms with Crippen LogP contribution in [0, 0.1) is 0 Å². The van der Waals surface area contributed by atoms with Crippen LogP contribution in [0.25, 0.3) is 0 Å². The molecule has 2 aromatic carbocycles. The van der Waals surface area contributed by atoms with Crippen LogP contribution in [0.5, 0.6) is 0 Å². The van der Waals surface area contributed by atoms with Crippen molar-refractivity contribution >= 4 is 12.4 Å². The zero-order valence-electron chi connectivity index (χ0n) is 12.4. The Bertz CT molecular complexity index is 512. The molecule has 0 bridgehead atoms. The van der Waals surface area contributed by atoms with Crippen LogP contribution in [0.15, 0.2) is 60.7 Å². The first kappa shape index (κ1) is 16.1. The molecular weight excluding hydrogens is 278 g/mol. The summed E-state index contributed by atoms with van der Waals surface area (Å²) in [6.07, 6.45) is 6.26. The minimum atomic E-state index is 0. The minimum absolute atomic E-state index is 0. The van der Waals surface area contributed by atoms with Gasteiger partial charge in [-0.2, -0.15) is 0 Å². The average Bonchev–Trinajstić information content (AvgIpc) is 2.95. The summed E-state index contributed by atoms with van der Waals surface area (Å²) >= 11 is 0. The maximum Gasteiger partial charge on any atom is 0.0111 e. The van der Waals surface area contributed by atoms with Crippen LogP contribution < -0.4 is 5.32 Å². The van der Waals surface area contributed by atoms with E-state index in [-0.39, 0.29) is 12.4 Å². The molecule has 0 amide bonds. The highest BCUT2D eigenvalue weighted by Gasteiger charge is 2.23. The lowest BCUT2D eigenvalue weighted by Crippen LogP contribution is -2.31. The van der Waals surface area contributed by atoms with E-state index in [0.29, 0.717) is 12.1 Å². The molecule has 1 aliphatic heterocycles. The molecule has 1 N–H and O–H groups in total. The molecule has 2 atom stereocenters. The molecule has 0 saturated carbocycles. The van der Waals surface area contributed by atoms with Crippen molar-refractivity contribution in [1.82, 2.24) is 5.32 Å². The van der Waals surface area contributed by atoms with Gasteiger partial charge in [-0.05, 0) is 43.2 Å². The predicted molar refractivity (Wildman–Crippen MR) is 92.1 cm³/mol. The SMILES string of the molecule is Cl.c1ccc(CC[C@H]2CC[C@H](Cc3ccccc3)N2)cc1. The maximum atomic E-state index is 3.81. The van der Waals surface area contributed by atoms with Gasteiger partial charge in [0.05, 0.1) is 0 Å². The lowest BCUT2D eigenvalue weighted by atomic mass is 10.0. The average molecular weight is 302 g/mol. The van der Waals surface area contributed by atoms with Crippen LogP contribution in [0.1, 0.15) is 30.4 Å². The number of benzene rings is 2. The molecule has 2 heteroatoms. The van der Waals surface area contributed by atoms with Crippen molar-refractivity contribution in [3.05, 3.63) is 71.8 Å². The normalized spacial score (nSPS) is 21.0. The molecule has 0 unspecified atom stereocenters. The molecule has 0 radical (unpaired) electrons. The number of hydrogen-bond acceptors (Lipinski definition) is 1. The Morgan fingerprint density at radius 3 is 2.00 bits per heavy atom. The highest BCUT2D eigenvalue weighted by molar-refractivity contribution is 5.85. The van der Waals surface area contributed by atoms with E-state index in [1.54, 1.807) is 0 Å². The van der Waals surface area contributed by atoms with E-state index >= 15 is 0 Å². The third-order valence-corrected chi connectivity index (χ3v) is 4.28. The Hall–Kier alpha value is -1.31. The summed E-state index contributed by atoms with van der Waals surface area (Å²) < 4.78 is 0. The molecule has 1 fully saturated rings. The van der Waals surface area contributed by atoms with Gasteiger partial charge in [0.2, 0.25) is 0 Å². The van der Waals surface area contributed by atoms with Crippen molar-refractivity contribution in [2.24, 2.45) is 0 Å². The highest BCUT2D eigenvalue weighted by Crippen LogP contribution is 2.20. The van der Waals surface area contributed by atoms with Crippen LogP contribution in [-0.4, -0.2) is 12.1 Å². The van der Waals surface area contributed by atoms with Crippen molar-refractivity contribution in [2.45, 2.75) is 44.2 Å². The Kier molecular flexibility index (Phi) is 6.28. The second-order valence-corrected chi connectivity index (χ2v) is 5.85. The third kappa shape index (κ3) is 4.87. The fourth-order valence-corrected chi connectivity index (χ4v) is 3.18. The van der Waals surface area contributed by atoms with Gasteiger partial charge in [-0.1, -0.05) is 60.7 Å². The first-order valence-electron chi connectivity index (χ1n) is 7.74. The first-order chi connectivity index (χ1) is 9.90. The number of aryl methyl sites for hydroxylation is 1. The van der Waals surface area contributed by atoms with Gasteiger partial charge in [0.1, 0.15) is 0 Å². The maximum absolute atomic E-state index is 3.81. The molecule has 0 aromatic heterocycles. The van der Waals surface area contributed by atoms with Crippen molar-refractivity contribution in [1.29, 1.82) is 0 Å². The monoisotopic (exact) mass is 301 g/mol. The van der Waals surface area contributed by atoms with E-state index < -0.39 is 0 Å². The second kappa shape index (κ2) is 8.21. The largest absolute Gasteiger partial charge is 0.311 e. The number of hydrogen-bond donors (Lipinski definition) is 1. The summed E-state index contributed by atoms with van der Waals surface area (Å²) in [5.41, 5.74) is 2.91. The molecule has 1 heterocycles. The predicted octanol–water partition coefficient (Wildman–Crippen LogP) is 4.40. The molecular formula is C19H24ClN. The van der Waals surface area contributed by atoms with Crippen LogP contribution in [0.2, 0.25) is 0 Å². The lowest BCUT2D eigenvalue weighted by molar-refractivity contribution is 0.509. The molecule has 1 saturated heterocycles. The van der Waals surface area contributed by atoms with E-state index in [0.717, 1.165) is 0 Å². The van der Waals surface area contributed by atoms with E-state index in [1.807, 2.05) is 0 Å². The lowest BCUT2D eigenvalue weighted by Gasteiger charge is -2.14. The van der Waals surface area contributed by atoms with E-state index in [1.165, 1.54) is 43.2 Å². The summed E-state index contributed by atoms with van der Waals surface area (Å²) in [5.74, 6) is 0. The van der Waals surface area contributed by atoms with Gasteiger partial charge in [-0.25, -0.2) is 0 Å². The molecule has 2 aromatic rings. The van der Waals surface area contributed by atoms with E-state index in [2.05, 4.69) is 66.0 Å². The quantitative estimate of drug-likeness (QED) is 0.863. The molecule has 1 aliphatic rings. The number of nitrogens with one attached hydrogen (secondary N) is 1. The summed E-state index contributed by atoms with van der Waals surface area (Å²) in [4.78, 5) is 0. The minimum Gasteiger partial charge on any atom is -0.311 e. The zero-order valence-corrected chi connectivity index (χ0v) is 13.2. The van der Waals surface area contributed by atoms with Gasteiger partial charge >= 0.3 is 0 Å². The van der Waals surface area contributed by atoms with Crippen molar-refractivity contribution in [3.8, 4) is 0 Å². The Morgan fingerprint density at radius 1 is 0.762 bits per heavy atom. The van der Waals surface area contributed by atoms with E-state index in [9.17, 15) is 0 Å². The smallest absolute Gasteiger partial charge is 0.0111 e. The van der Waals surface area contributed by atoms with Gasteiger partial charge in [-0.15, -0.1) is 12.4 Å². The third-order valence-electron chi connectivity index (χ3n) is 4.28. The molecule has 112 valence electrons. The first-order valence-corrected chi connectivity index (χ1v) is 7.74. The Balaban J connectivity index is 0.00000161. The molecule has 1 nitrogen and oxygen atoms in total. The van der Waals surface area contributed by atoms with Crippen molar-refractivity contribution in [2.75, 3.05) is 0 Å². The van der Waals surface area contributed by atoms with Gasteiger partial charge < -0.3 is 5.32 Å². The summed E-state index contributed by atoms with van der Waals surface area (Å²) in [5, 5.41) is 3.81. The molecule has 0 aliphatic carbocycles. The van der Waals surface area contributed by atoms with Crippen molar-refractivity contribution < 1.29 is 0 Å². The van der Waals surface area contributed by atoms with Crippen LogP contribution in [-0.2, 0) is 12.8 Å². The van der Waals surface area contributed by atoms with Crippen molar-refractivity contribution in [3.63, 3.8) is 0 Å². The Labute approximate surface area is 134 Å². The number of rotatable bonds is 5. The zero-order chi connectivity index (χ0) is 13.6. The standard InChI is InChI=1S/C19H23N.ClH/c1-3-7-16(8-4-1)11-12-18-13-14-19(20-18)15-17-9-5-2-6-10-17;/h1-10,18-20H,11-15H2;1H/t18-,19+;/m0./s1. The van der Waals surface area contributed by atoms with Crippen LogP contribution in [0.3, 0.4) is 0 Å². The van der Waals surface area contributed by atoms with E-state index in [4.69, 9.17) is 0 Å². The van der Waals surface area contributed by atoms with Gasteiger partial charge in [0.25, 0.3) is 0 Å². The number of halogens is 1. The molecule has 21 heavy (non-hydrogen) atoms.